The number of para-hydroxylation sites is 2. The van der Waals surface area contributed by atoms with Gasteiger partial charge in [0.05, 0.1) is 16.5 Å². The predicted molar refractivity (Wildman–Crippen MR) is 96.6 cm³/mol. The molecule has 1 atom stereocenters. The fraction of sp³-hybridized carbons (Fsp3) is 0.0556. The van der Waals surface area contributed by atoms with E-state index < -0.39 is 12.0 Å². The maximum Gasteiger partial charge on any atom is 0.272 e. The molecule has 2 aromatic heterocycles. The van der Waals surface area contributed by atoms with Gasteiger partial charge < -0.3 is 5.11 Å². The van der Waals surface area contributed by atoms with E-state index in [1.54, 1.807) is 34.5 Å². The molecule has 0 bridgehead atoms. The molecule has 0 aliphatic heterocycles. The van der Waals surface area contributed by atoms with Gasteiger partial charge in [-0.2, -0.15) is 0 Å². The van der Waals surface area contributed by atoms with Crippen LogP contribution in [0.2, 0.25) is 0 Å². The number of nitrogens with zero attached hydrogens (tertiary/aromatic N) is 3. The lowest BCUT2D eigenvalue weighted by Crippen LogP contribution is -2.28. The molecule has 25 heavy (non-hydrogen) atoms. The van der Waals surface area contributed by atoms with Gasteiger partial charge in [-0.1, -0.05) is 42.5 Å². The van der Waals surface area contributed by atoms with Crippen LogP contribution in [0.15, 0.2) is 65.5 Å². The normalized spacial score (nSPS) is 12.2. The molecule has 0 saturated heterocycles. The van der Waals surface area contributed by atoms with E-state index in [4.69, 9.17) is 0 Å². The van der Waals surface area contributed by atoms with Crippen LogP contribution in [0.4, 0.5) is 0 Å². The molecule has 0 spiro atoms. The standard InChI is InChI=1S/C18H14N4O2S/c23-16(12-6-2-1-3-7-12)18(24)21-22-15-9-5-4-8-13(15)20-17(22)14-10-25-11-19-14/h1-11,16,23H,(H,21,24). The summed E-state index contributed by atoms with van der Waals surface area (Å²) >= 11 is 1.45. The minimum absolute atomic E-state index is 0.524. The minimum atomic E-state index is -1.27. The summed E-state index contributed by atoms with van der Waals surface area (Å²) < 4.78 is 1.57. The molecule has 4 aromatic rings. The molecule has 0 radical (unpaired) electrons. The number of hydrogen-bond donors (Lipinski definition) is 2. The molecule has 6 nitrogen and oxygen atoms in total. The molecule has 124 valence electrons. The quantitative estimate of drug-likeness (QED) is 0.593. The monoisotopic (exact) mass is 350 g/mol. The highest BCUT2D eigenvalue weighted by Gasteiger charge is 2.21. The van der Waals surface area contributed by atoms with Crippen LogP contribution in [0.1, 0.15) is 11.7 Å². The highest BCUT2D eigenvalue weighted by molar-refractivity contribution is 7.07. The lowest BCUT2D eigenvalue weighted by atomic mass is 10.1. The van der Waals surface area contributed by atoms with E-state index in [1.165, 1.54) is 11.3 Å². The summed E-state index contributed by atoms with van der Waals surface area (Å²) in [6.07, 6.45) is -1.27. The van der Waals surface area contributed by atoms with Crippen molar-refractivity contribution in [2.75, 3.05) is 5.43 Å². The second-order valence-electron chi connectivity index (χ2n) is 5.42. The van der Waals surface area contributed by atoms with Gasteiger partial charge in [0.25, 0.3) is 5.91 Å². The van der Waals surface area contributed by atoms with E-state index >= 15 is 0 Å². The van der Waals surface area contributed by atoms with E-state index in [0.717, 1.165) is 11.0 Å². The first kappa shape index (κ1) is 15.5. The molecule has 1 unspecified atom stereocenters. The van der Waals surface area contributed by atoms with E-state index in [1.807, 2.05) is 35.7 Å². The smallest absolute Gasteiger partial charge is 0.272 e. The van der Waals surface area contributed by atoms with Gasteiger partial charge in [0, 0.05) is 5.38 Å². The second-order valence-corrected chi connectivity index (χ2v) is 6.14. The number of carbonyl (C=O) groups is 1. The molecule has 7 heteroatoms. The van der Waals surface area contributed by atoms with Crippen molar-refractivity contribution in [1.29, 1.82) is 0 Å². The van der Waals surface area contributed by atoms with Crippen molar-refractivity contribution < 1.29 is 9.90 Å². The number of nitrogens with one attached hydrogen (secondary N) is 1. The highest BCUT2D eigenvalue weighted by Crippen LogP contribution is 2.24. The third kappa shape index (κ3) is 2.90. The summed E-state index contributed by atoms with van der Waals surface area (Å²) in [5, 5.41) is 12.2. The molecule has 4 rings (SSSR count). The lowest BCUT2D eigenvalue weighted by molar-refractivity contribution is -0.125. The maximum atomic E-state index is 12.5. The highest BCUT2D eigenvalue weighted by atomic mass is 32.1. The topological polar surface area (TPSA) is 80.0 Å². The largest absolute Gasteiger partial charge is 0.378 e. The number of aromatic nitrogens is 3. The van der Waals surface area contributed by atoms with Crippen molar-refractivity contribution in [1.82, 2.24) is 14.6 Å². The number of thiazole rings is 1. The van der Waals surface area contributed by atoms with Crippen LogP contribution in [0.3, 0.4) is 0 Å². The van der Waals surface area contributed by atoms with Crippen LogP contribution < -0.4 is 5.43 Å². The SMILES string of the molecule is O=C(Nn1c(-c2cscn2)nc2ccccc21)C(O)c1ccccc1. The van der Waals surface area contributed by atoms with Gasteiger partial charge in [-0.25, -0.2) is 14.6 Å². The van der Waals surface area contributed by atoms with Gasteiger partial charge in [-0.3, -0.25) is 10.2 Å². The molecule has 0 aliphatic carbocycles. The van der Waals surface area contributed by atoms with Gasteiger partial charge in [0.15, 0.2) is 11.9 Å². The Kier molecular flexibility index (Phi) is 4.01. The second kappa shape index (κ2) is 6.46. The zero-order valence-electron chi connectivity index (χ0n) is 13.0. The number of rotatable bonds is 4. The van der Waals surface area contributed by atoms with Crippen molar-refractivity contribution in [3.8, 4) is 11.5 Å². The first-order valence-electron chi connectivity index (χ1n) is 7.64. The van der Waals surface area contributed by atoms with E-state index in [0.29, 0.717) is 17.1 Å². The Morgan fingerprint density at radius 1 is 1.12 bits per heavy atom. The van der Waals surface area contributed by atoms with E-state index in [2.05, 4.69) is 15.4 Å². The summed E-state index contributed by atoms with van der Waals surface area (Å²) in [4.78, 5) is 21.4. The van der Waals surface area contributed by atoms with Crippen molar-refractivity contribution in [3.05, 3.63) is 71.1 Å². The number of carbonyl (C=O) groups excluding carboxylic acids is 1. The summed E-state index contributed by atoms with van der Waals surface area (Å²) in [6, 6.07) is 16.3. The zero-order valence-corrected chi connectivity index (χ0v) is 13.9. The number of hydrogen-bond acceptors (Lipinski definition) is 5. The number of aliphatic hydroxyl groups is 1. The van der Waals surface area contributed by atoms with Crippen LogP contribution in [-0.4, -0.2) is 25.7 Å². The molecule has 0 fully saturated rings. The van der Waals surface area contributed by atoms with Crippen LogP contribution in [0, 0.1) is 0 Å². The Balaban J connectivity index is 1.73. The molecule has 0 saturated carbocycles. The van der Waals surface area contributed by atoms with Crippen molar-refractivity contribution in [2.24, 2.45) is 0 Å². The Bertz CT molecular complexity index is 1010. The zero-order chi connectivity index (χ0) is 17.2. The van der Waals surface area contributed by atoms with Gasteiger partial charge in [0.2, 0.25) is 0 Å². The lowest BCUT2D eigenvalue weighted by Gasteiger charge is -2.14. The van der Waals surface area contributed by atoms with Crippen molar-refractivity contribution >= 4 is 28.3 Å². The molecular weight excluding hydrogens is 336 g/mol. The summed E-state index contributed by atoms with van der Waals surface area (Å²) in [5.74, 6) is -0.0121. The molecule has 1 amide bonds. The summed E-state index contributed by atoms with van der Waals surface area (Å²) in [5.41, 5.74) is 7.12. The molecule has 2 heterocycles. The van der Waals surface area contributed by atoms with Gasteiger partial charge in [-0.15, -0.1) is 11.3 Å². The fourth-order valence-electron chi connectivity index (χ4n) is 2.59. The van der Waals surface area contributed by atoms with E-state index in [-0.39, 0.29) is 0 Å². The molecule has 0 aliphatic rings. The number of benzene rings is 2. The van der Waals surface area contributed by atoms with Crippen molar-refractivity contribution in [3.63, 3.8) is 0 Å². The van der Waals surface area contributed by atoms with Crippen LogP contribution in [0.25, 0.3) is 22.6 Å². The molecular formula is C18H14N4O2S. The molecule has 2 N–H and O–H groups in total. The van der Waals surface area contributed by atoms with Crippen LogP contribution >= 0.6 is 11.3 Å². The maximum absolute atomic E-state index is 12.5. The Labute approximate surface area is 147 Å². The average Bonchev–Trinajstić information content (AvgIpc) is 3.30. The Hall–Kier alpha value is -3.03. The van der Waals surface area contributed by atoms with Crippen LogP contribution in [0.5, 0.6) is 0 Å². The van der Waals surface area contributed by atoms with Crippen LogP contribution in [-0.2, 0) is 4.79 Å². The number of fused-ring (bicyclic) bond motifs is 1. The average molecular weight is 350 g/mol. The Morgan fingerprint density at radius 2 is 1.88 bits per heavy atom. The minimum Gasteiger partial charge on any atom is -0.378 e. The Morgan fingerprint density at radius 3 is 2.64 bits per heavy atom. The summed E-state index contributed by atoms with van der Waals surface area (Å²) in [6.45, 7) is 0. The van der Waals surface area contributed by atoms with Gasteiger partial charge in [-0.05, 0) is 17.7 Å². The number of imidazole rings is 1. The van der Waals surface area contributed by atoms with Crippen molar-refractivity contribution in [2.45, 2.75) is 6.10 Å². The third-order valence-electron chi connectivity index (χ3n) is 3.81. The first-order chi connectivity index (χ1) is 12.2. The number of amides is 1. The number of aliphatic hydroxyl groups excluding tert-OH is 1. The van der Waals surface area contributed by atoms with Gasteiger partial charge in [0.1, 0.15) is 5.69 Å². The summed E-state index contributed by atoms with van der Waals surface area (Å²) in [7, 11) is 0. The predicted octanol–water partition coefficient (Wildman–Crippen LogP) is 2.96. The molecule has 2 aromatic carbocycles. The first-order valence-corrected chi connectivity index (χ1v) is 8.58. The third-order valence-corrected chi connectivity index (χ3v) is 4.39. The fourth-order valence-corrected chi connectivity index (χ4v) is 3.12. The van der Waals surface area contributed by atoms with Gasteiger partial charge >= 0.3 is 0 Å². The van der Waals surface area contributed by atoms with E-state index in [9.17, 15) is 9.90 Å².